The van der Waals surface area contributed by atoms with Gasteiger partial charge < -0.3 is 9.84 Å². The molecule has 1 aromatic carbocycles. The molecule has 0 aromatic heterocycles. The first kappa shape index (κ1) is 11.5. The van der Waals surface area contributed by atoms with Crippen molar-refractivity contribution in [3.05, 3.63) is 34.9 Å². The van der Waals surface area contributed by atoms with Crippen LogP contribution in [0.15, 0.2) is 12.1 Å². The summed E-state index contributed by atoms with van der Waals surface area (Å²) in [4.78, 5) is 0. The molecule has 1 saturated carbocycles. The second-order valence-electron chi connectivity index (χ2n) is 4.23. The molecular weight excluding hydrogens is 214 g/mol. The fourth-order valence-corrected chi connectivity index (χ4v) is 1.68. The largest absolute Gasteiger partial charge is 0.393 e. The second-order valence-corrected chi connectivity index (χ2v) is 4.23. The molecule has 0 spiro atoms. The predicted octanol–water partition coefficient (Wildman–Crippen LogP) is 2.31. The van der Waals surface area contributed by atoms with Gasteiger partial charge in [0.1, 0.15) is 0 Å². The third-order valence-corrected chi connectivity index (χ3v) is 2.90. The highest BCUT2D eigenvalue weighted by Gasteiger charge is 2.28. The van der Waals surface area contributed by atoms with E-state index in [1.807, 2.05) is 0 Å². The minimum absolute atomic E-state index is 0.0289. The van der Waals surface area contributed by atoms with E-state index in [4.69, 9.17) is 9.84 Å². The van der Waals surface area contributed by atoms with Gasteiger partial charge in [0.05, 0.1) is 18.8 Å². The lowest BCUT2D eigenvalue weighted by atomic mass is 9.92. The molecule has 0 amide bonds. The van der Waals surface area contributed by atoms with Crippen molar-refractivity contribution < 1.29 is 18.6 Å². The highest BCUT2D eigenvalue weighted by Crippen LogP contribution is 2.25. The number of rotatable bonds is 3. The van der Waals surface area contributed by atoms with Crippen LogP contribution in [0.4, 0.5) is 8.78 Å². The fraction of sp³-hybridized carbons (Fsp3) is 0.500. The molecule has 1 aliphatic carbocycles. The van der Waals surface area contributed by atoms with Gasteiger partial charge in [-0.25, -0.2) is 8.78 Å². The lowest BCUT2D eigenvalue weighted by molar-refractivity contribution is -0.0784. The summed E-state index contributed by atoms with van der Waals surface area (Å²) in [5, 5.41) is 9.04. The zero-order valence-electron chi connectivity index (χ0n) is 9.04. The van der Waals surface area contributed by atoms with Crippen molar-refractivity contribution in [1.82, 2.24) is 0 Å². The number of hydrogen-bond acceptors (Lipinski definition) is 2. The van der Waals surface area contributed by atoms with Crippen molar-refractivity contribution in [1.29, 1.82) is 0 Å². The molecule has 0 bridgehead atoms. The first-order valence-electron chi connectivity index (χ1n) is 5.31. The summed E-state index contributed by atoms with van der Waals surface area (Å²) >= 11 is 0. The van der Waals surface area contributed by atoms with Crippen molar-refractivity contribution in [3.63, 3.8) is 0 Å². The monoisotopic (exact) mass is 228 g/mol. The molecule has 0 saturated heterocycles. The Morgan fingerprint density at radius 2 is 2.00 bits per heavy atom. The van der Waals surface area contributed by atoms with Crippen LogP contribution in [0.5, 0.6) is 0 Å². The molecule has 1 N–H and O–H groups in total. The van der Waals surface area contributed by atoms with E-state index in [9.17, 15) is 8.78 Å². The van der Waals surface area contributed by atoms with E-state index in [0.717, 1.165) is 0 Å². The van der Waals surface area contributed by atoms with Gasteiger partial charge >= 0.3 is 0 Å². The van der Waals surface area contributed by atoms with Gasteiger partial charge in [-0.05, 0) is 25.3 Å². The van der Waals surface area contributed by atoms with Crippen LogP contribution in [-0.2, 0) is 11.3 Å². The first-order chi connectivity index (χ1) is 7.58. The quantitative estimate of drug-likeness (QED) is 0.860. The second kappa shape index (κ2) is 4.47. The zero-order chi connectivity index (χ0) is 11.7. The Kier molecular flexibility index (Phi) is 3.21. The topological polar surface area (TPSA) is 29.5 Å². The molecule has 1 aliphatic rings. The van der Waals surface area contributed by atoms with E-state index in [0.29, 0.717) is 18.4 Å². The number of hydrogen-bond donors (Lipinski definition) is 1. The summed E-state index contributed by atoms with van der Waals surface area (Å²) in [6.45, 7) is 1.58. The number of aryl methyl sites for hydroxylation is 1. The normalized spacial score (nSPS) is 24.2. The Morgan fingerprint density at radius 1 is 1.31 bits per heavy atom. The number of benzene rings is 1. The maximum Gasteiger partial charge on any atom is 0.164 e. The highest BCUT2D eigenvalue weighted by molar-refractivity contribution is 5.24. The van der Waals surface area contributed by atoms with Crippen LogP contribution in [0.1, 0.15) is 24.0 Å². The van der Waals surface area contributed by atoms with Crippen molar-refractivity contribution in [3.8, 4) is 0 Å². The van der Waals surface area contributed by atoms with Crippen LogP contribution in [0.2, 0.25) is 0 Å². The van der Waals surface area contributed by atoms with Gasteiger partial charge in [-0.15, -0.1) is 0 Å². The zero-order valence-corrected chi connectivity index (χ0v) is 9.04. The van der Waals surface area contributed by atoms with Crippen molar-refractivity contribution in [2.45, 2.75) is 38.6 Å². The minimum atomic E-state index is -0.833. The van der Waals surface area contributed by atoms with Crippen molar-refractivity contribution >= 4 is 0 Å². The molecule has 0 heterocycles. The standard InChI is InChI=1S/C12H14F2O2/c1-7-2-3-8(12(14)11(7)13)6-16-10-4-9(15)5-10/h2-3,9-10,15H,4-6H2,1H3. The number of halogens is 2. The number of aliphatic hydroxyl groups excluding tert-OH is 1. The molecule has 16 heavy (non-hydrogen) atoms. The van der Waals surface area contributed by atoms with Gasteiger partial charge in [-0.1, -0.05) is 12.1 Å². The molecule has 4 heteroatoms. The van der Waals surface area contributed by atoms with Gasteiger partial charge in [0.15, 0.2) is 11.6 Å². The van der Waals surface area contributed by atoms with E-state index in [1.165, 1.54) is 19.1 Å². The van der Waals surface area contributed by atoms with Crippen LogP contribution in [-0.4, -0.2) is 17.3 Å². The predicted molar refractivity (Wildman–Crippen MR) is 54.9 cm³/mol. The van der Waals surface area contributed by atoms with Crippen LogP contribution < -0.4 is 0 Å². The number of ether oxygens (including phenoxy) is 1. The fourth-order valence-electron chi connectivity index (χ4n) is 1.68. The summed E-state index contributed by atoms with van der Waals surface area (Å²) < 4.78 is 32.0. The molecule has 0 radical (unpaired) electrons. The Balaban J connectivity index is 1.97. The molecule has 0 aliphatic heterocycles. The Bertz CT molecular complexity index is 387. The third-order valence-electron chi connectivity index (χ3n) is 2.90. The van der Waals surface area contributed by atoms with Gasteiger partial charge in [0.25, 0.3) is 0 Å². The minimum Gasteiger partial charge on any atom is -0.393 e. The van der Waals surface area contributed by atoms with Crippen molar-refractivity contribution in [2.24, 2.45) is 0 Å². The average Bonchev–Trinajstić information content (AvgIpc) is 2.22. The highest BCUT2D eigenvalue weighted by atomic mass is 19.2. The summed E-state index contributed by atoms with van der Waals surface area (Å²) in [6, 6.07) is 3.07. The summed E-state index contributed by atoms with van der Waals surface area (Å²) in [5.41, 5.74) is 0.518. The lowest BCUT2D eigenvalue weighted by Crippen LogP contribution is -2.35. The third kappa shape index (κ3) is 2.23. The Labute approximate surface area is 92.9 Å². The molecule has 0 atom stereocenters. The molecule has 1 aromatic rings. The molecule has 0 unspecified atom stereocenters. The van der Waals surface area contributed by atoms with Gasteiger partial charge in [0, 0.05) is 5.56 Å². The molecule has 1 fully saturated rings. The van der Waals surface area contributed by atoms with Crippen LogP contribution in [0, 0.1) is 18.6 Å². The maximum absolute atomic E-state index is 13.4. The van der Waals surface area contributed by atoms with Gasteiger partial charge in [0.2, 0.25) is 0 Å². The molecular formula is C12H14F2O2. The van der Waals surface area contributed by atoms with Crippen LogP contribution >= 0.6 is 0 Å². The summed E-state index contributed by atoms with van der Waals surface area (Å²) in [5.74, 6) is -1.64. The van der Waals surface area contributed by atoms with Gasteiger partial charge in [-0.3, -0.25) is 0 Å². The smallest absolute Gasteiger partial charge is 0.164 e. The van der Waals surface area contributed by atoms with Crippen LogP contribution in [0.25, 0.3) is 0 Å². The van der Waals surface area contributed by atoms with E-state index >= 15 is 0 Å². The van der Waals surface area contributed by atoms with E-state index in [-0.39, 0.29) is 24.4 Å². The van der Waals surface area contributed by atoms with Crippen molar-refractivity contribution in [2.75, 3.05) is 0 Å². The Hall–Kier alpha value is -1.00. The van der Waals surface area contributed by atoms with E-state index in [1.54, 1.807) is 0 Å². The summed E-state index contributed by atoms with van der Waals surface area (Å²) in [6.07, 6.45) is 0.828. The SMILES string of the molecule is Cc1ccc(COC2CC(O)C2)c(F)c1F. The molecule has 88 valence electrons. The maximum atomic E-state index is 13.4. The Morgan fingerprint density at radius 3 is 2.62 bits per heavy atom. The lowest BCUT2D eigenvalue weighted by Gasteiger charge is -2.31. The van der Waals surface area contributed by atoms with E-state index in [2.05, 4.69) is 0 Å². The molecule has 2 nitrogen and oxygen atoms in total. The molecule has 2 rings (SSSR count). The summed E-state index contributed by atoms with van der Waals surface area (Å²) in [7, 11) is 0. The van der Waals surface area contributed by atoms with Gasteiger partial charge in [-0.2, -0.15) is 0 Å². The first-order valence-corrected chi connectivity index (χ1v) is 5.31. The van der Waals surface area contributed by atoms with Crippen LogP contribution in [0.3, 0.4) is 0 Å². The average molecular weight is 228 g/mol. The van der Waals surface area contributed by atoms with E-state index < -0.39 is 11.6 Å². The number of aliphatic hydroxyl groups is 1.